The van der Waals surface area contributed by atoms with E-state index in [1.807, 2.05) is 41.3 Å². The summed E-state index contributed by atoms with van der Waals surface area (Å²) in [6.07, 6.45) is 3.53. The topological polar surface area (TPSA) is 65.1 Å². The van der Waals surface area contributed by atoms with Gasteiger partial charge in [0.1, 0.15) is 5.75 Å². The smallest absolute Gasteiger partial charge is 0.395 e. The lowest BCUT2D eigenvalue weighted by molar-refractivity contribution is -0.217. The van der Waals surface area contributed by atoms with Crippen molar-refractivity contribution in [1.82, 2.24) is 4.90 Å². The predicted octanol–water partition coefficient (Wildman–Crippen LogP) is 8.16. The molecule has 0 spiro atoms. The van der Waals surface area contributed by atoms with Crippen molar-refractivity contribution in [2.24, 2.45) is 11.3 Å². The van der Waals surface area contributed by atoms with Gasteiger partial charge in [-0.3, -0.25) is 9.08 Å². The number of alkyl halides is 3. The van der Waals surface area contributed by atoms with Crippen LogP contribution in [0.2, 0.25) is 0 Å². The van der Waals surface area contributed by atoms with Gasteiger partial charge in [0, 0.05) is 25.1 Å². The Hall–Kier alpha value is -2.40. The van der Waals surface area contributed by atoms with Crippen molar-refractivity contribution < 1.29 is 35.2 Å². The summed E-state index contributed by atoms with van der Waals surface area (Å²) in [5, 5.41) is 0. The first-order valence-electron chi connectivity index (χ1n) is 16.1. The van der Waals surface area contributed by atoms with Crippen LogP contribution in [-0.4, -0.2) is 64.8 Å². The van der Waals surface area contributed by atoms with Gasteiger partial charge in [0.05, 0.1) is 31.0 Å². The highest BCUT2D eigenvalue weighted by Gasteiger charge is 2.48. The van der Waals surface area contributed by atoms with Crippen LogP contribution >= 0.6 is 0 Å². The van der Waals surface area contributed by atoms with Crippen molar-refractivity contribution >= 4 is 15.7 Å². The summed E-state index contributed by atoms with van der Waals surface area (Å²) in [7, 11) is -1.82. The fraction of sp³-hybridized carbons (Fsp3) is 0.611. The third-order valence-electron chi connectivity index (χ3n) is 9.60. The van der Waals surface area contributed by atoms with Gasteiger partial charge in [-0.1, -0.05) is 42.5 Å². The lowest BCUT2D eigenvalue weighted by Crippen LogP contribution is -2.47. The molecule has 0 radical (unpaired) electrons. The molecule has 1 saturated heterocycles. The van der Waals surface area contributed by atoms with Gasteiger partial charge < -0.3 is 9.47 Å². The van der Waals surface area contributed by atoms with Gasteiger partial charge >= 0.3 is 6.18 Å². The minimum atomic E-state index is -4.33. The molecule has 1 aliphatic heterocycles. The van der Waals surface area contributed by atoms with Gasteiger partial charge in [-0.05, 0) is 113 Å². The molecule has 0 amide bonds. The van der Waals surface area contributed by atoms with E-state index in [2.05, 4.69) is 32.1 Å². The number of methoxy groups -OCH3 is 1. The Kier molecular flexibility index (Phi) is 11.4. The molecule has 1 heterocycles. The second-order valence-electron chi connectivity index (χ2n) is 14.4. The highest BCUT2D eigenvalue weighted by Crippen LogP contribution is 2.45. The first-order chi connectivity index (χ1) is 21.4. The normalized spacial score (nSPS) is 22.5. The molecule has 46 heavy (non-hydrogen) atoms. The van der Waals surface area contributed by atoms with Crippen LogP contribution < -0.4 is 4.74 Å². The van der Waals surface area contributed by atoms with E-state index in [9.17, 15) is 21.6 Å². The van der Waals surface area contributed by atoms with E-state index >= 15 is 0 Å². The second-order valence-corrected chi connectivity index (χ2v) is 16.1. The zero-order valence-electron chi connectivity index (χ0n) is 28.1. The van der Waals surface area contributed by atoms with Crippen LogP contribution in [0.15, 0.2) is 54.6 Å². The quantitative estimate of drug-likeness (QED) is 0.201. The predicted molar refractivity (Wildman–Crippen MR) is 176 cm³/mol. The molecule has 2 atom stereocenters. The fourth-order valence-corrected chi connectivity index (χ4v) is 7.30. The molecule has 6 nitrogen and oxygen atoms in total. The molecule has 1 aliphatic carbocycles. The minimum Gasteiger partial charge on any atom is -0.497 e. The molecule has 2 aliphatic rings. The van der Waals surface area contributed by atoms with Crippen LogP contribution in [0, 0.1) is 11.3 Å². The number of ether oxygens (including phenoxy) is 2. The van der Waals surface area contributed by atoms with Crippen LogP contribution in [0.5, 0.6) is 5.75 Å². The van der Waals surface area contributed by atoms with Crippen LogP contribution in [-0.2, 0) is 31.0 Å². The van der Waals surface area contributed by atoms with Crippen molar-refractivity contribution in [1.29, 1.82) is 0 Å². The number of nitrogens with zero attached hydrogens (tertiary/aromatic N) is 1. The molecule has 0 aromatic heterocycles. The maximum Gasteiger partial charge on any atom is 0.395 e. The molecule has 2 aromatic carbocycles. The first-order valence-corrected chi connectivity index (χ1v) is 17.9. The summed E-state index contributed by atoms with van der Waals surface area (Å²) in [6.45, 7) is 8.32. The zero-order chi connectivity index (χ0) is 33.8. The van der Waals surface area contributed by atoms with Crippen LogP contribution in [0.1, 0.15) is 82.9 Å². The second kappa shape index (κ2) is 14.4. The molecular weight excluding hydrogens is 615 g/mol. The standard InChI is InChI=1S/C36H50F3NO5S/c1-33(2,36(37,38)39)26-40(21-19-35(20-22-44-34(3,4)25-35)31-15-17-32(43-5)18-16-31)23-27-7-11-29(12-8-27)30-13-9-28(10-14-30)24-45-46(6,41)42/h7-8,11-13,15-18,28H,9-10,14,19-26H2,1-6H3/t28?,35-/m1/s1. The van der Waals surface area contributed by atoms with E-state index < -0.39 is 21.7 Å². The van der Waals surface area contributed by atoms with Gasteiger partial charge in [-0.2, -0.15) is 21.6 Å². The lowest BCUT2D eigenvalue weighted by Gasteiger charge is -2.46. The average molecular weight is 666 g/mol. The third kappa shape index (κ3) is 9.81. The maximum absolute atomic E-state index is 14.1. The molecule has 0 N–H and O–H groups in total. The van der Waals surface area contributed by atoms with Gasteiger partial charge in [0.25, 0.3) is 10.1 Å². The highest BCUT2D eigenvalue weighted by molar-refractivity contribution is 7.85. The molecule has 2 aromatic rings. The summed E-state index contributed by atoms with van der Waals surface area (Å²) in [4.78, 5) is 1.96. The average Bonchev–Trinajstić information content (AvgIpc) is 2.98. The molecular formula is C36H50F3NO5S. The molecule has 256 valence electrons. The van der Waals surface area contributed by atoms with Crippen LogP contribution in [0.3, 0.4) is 0 Å². The monoisotopic (exact) mass is 665 g/mol. The molecule has 4 rings (SSSR count). The Morgan fingerprint density at radius 1 is 1.04 bits per heavy atom. The molecule has 0 bridgehead atoms. The number of hydrogen-bond donors (Lipinski definition) is 0. The van der Waals surface area contributed by atoms with E-state index in [4.69, 9.17) is 13.7 Å². The Bertz CT molecular complexity index is 1440. The number of benzene rings is 2. The summed E-state index contributed by atoms with van der Waals surface area (Å²) in [5.74, 6) is 0.929. The summed E-state index contributed by atoms with van der Waals surface area (Å²) >= 11 is 0. The van der Waals surface area contributed by atoms with Crippen LogP contribution in [0.25, 0.3) is 5.57 Å². The molecule has 1 fully saturated rings. The van der Waals surface area contributed by atoms with E-state index in [1.54, 1.807) is 7.11 Å². The van der Waals surface area contributed by atoms with Crippen LogP contribution in [0.4, 0.5) is 13.2 Å². The largest absolute Gasteiger partial charge is 0.497 e. The van der Waals surface area contributed by atoms with Crippen molar-refractivity contribution in [3.63, 3.8) is 0 Å². The molecule has 1 unspecified atom stereocenters. The molecule has 10 heteroatoms. The van der Waals surface area contributed by atoms with E-state index in [0.717, 1.165) is 60.8 Å². The van der Waals surface area contributed by atoms with E-state index in [0.29, 0.717) is 26.1 Å². The van der Waals surface area contributed by atoms with Gasteiger partial charge in [-0.15, -0.1) is 0 Å². The number of allylic oxidation sites excluding steroid dienone is 2. The van der Waals surface area contributed by atoms with Crippen molar-refractivity contribution in [2.45, 2.75) is 90.0 Å². The molecule has 0 saturated carbocycles. The summed E-state index contributed by atoms with van der Waals surface area (Å²) < 4.78 is 81.5. The van der Waals surface area contributed by atoms with Crippen molar-refractivity contribution in [2.75, 3.05) is 39.7 Å². The Morgan fingerprint density at radius 2 is 1.72 bits per heavy atom. The fourth-order valence-electron chi connectivity index (χ4n) is 6.86. The third-order valence-corrected chi connectivity index (χ3v) is 10.2. The summed E-state index contributed by atoms with van der Waals surface area (Å²) in [6, 6.07) is 16.2. The number of halogens is 3. The van der Waals surface area contributed by atoms with E-state index in [-0.39, 0.29) is 30.1 Å². The highest BCUT2D eigenvalue weighted by atomic mass is 32.2. The van der Waals surface area contributed by atoms with Crippen molar-refractivity contribution in [3.05, 3.63) is 71.3 Å². The van der Waals surface area contributed by atoms with Gasteiger partial charge in [0.15, 0.2) is 0 Å². The van der Waals surface area contributed by atoms with Crippen molar-refractivity contribution in [3.8, 4) is 5.75 Å². The Morgan fingerprint density at radius 3 is 2.26 bits per heavy atom. The number of hydrogen-bond acceptors (Lipinski definition) is 6. The maximum atomic E-state index is 14.1. The Balaban J connectivity index is 1.52. The summed E-state index contributed by atoms with van der Waals surface area (Å²) in [5.41, 5.74) is 1.93. The number of rotatable bonds is 13. The Labute approximate surface area is 273 Å². The minimum absolute atomic E-state index is 0.112. The first kappa shape index (κ1) is 36.4. The van der Waals surface area contributed by atoms with E-state index in [1.165, 1.54) is 19.4 Å². The van der Waals surface area contributed by atoms with Gasteiger partial charge in [-0.25, -0.2) is 0 Å². The SMILES string of the molecule is COc1ccc([C@]2(CCN(Cc3ccc(C4=CCC(COS(C)(=O)=O)CC4)cc3)CC(C)(C)C(F)(F)F)CCOC(C)(C)C2)cc1. The zero-order valence-corrected chi connectivity index (χ0v) is 28.9. The van der Waals surface area contributed by atoms with Gasteiger partial charge in [0.2, 0.25) is 0 Å². The lowest BCUT2D eigenvalue weighted by atomic mass is 9.67.